The second-order valence-electron chi connectivity index (χ2n) is 5.42. The highest BCUT2D eigenvalue weighted by atomic mass is 32.2. The molecule has 0 heterocycles. The van der Waals surface area contributed by atoms with Crippen LogP contribution in [0.15, 0.2) is 0 Å². The fourth-order valence-corrected chi connectivity index (χ4v) is 2.79. The van der Waals surface area contributed by atoms with Gasteiger partial charge in [-0.2, -0.15) is 0 Å². The van der Waals surface area contributed by atoms with Crippen molar-refractivity contribution in [2.24, 2.45) is 11.1 Å². The predicted molar refractivity (Wildman–Crippen MR) is 75.7 cm³/mol. The van der Waals surface area contributed by atoms with Crippen LogP contribution >= 0.6 is 0 Å². The zero-order valence-electron chi connectivity index (χ0n) is 11.5. The lowest BCUT2D eigenvalue weighted by Gasteiger charge is -2.30. The third-order valence-electron chi connectivity index (χ3n) is 4.05. The van der Waals surface area contributed by atoms with Gasteiger partial charge in [0.05, 0.1) is 5.41 Å². The molecule has 0 radical (unpaired) electrons. The van der Waals surface area contributed by atoms with E-state index in [0.717, 1.165) is 25.7 Å². The lowest BCUT2D eigenvalue weighted by Crippen LogP contribution is -2.47. The Kier molecular flexibility index (Phi) is 6.29. The molecule has 0 aromatic carbocycles. The first-order chi connectivity index (χ1) is 8.52. The summed E-state index contributed by atoms with van der Waals surface area (Å²) >= 11 is 0. The Hall–Kier alpha value is -0.420. The molecule has 2 unspecified atom stereocenters. The summed E-state index contributed by atoms with van der Waals surface area (Å²) in [7, 11) is -0.897. The van der Waals surface area contributed by atoms with Crippen LogP contribution in [-0.4, -0.2) is 34.7 Å². The first-order valence-electron chi connectivity index (χ1n) is 6.82. The molecule has 0 bridgehead atoms. The Morgan fingerprint density at radius 3 is 2.33 bits per heavy atom. The molecule has 1 aliphatic carbocycles. The average Bonchev–Trinajstić information content (AvgIpc) is 2.61. The molecule has 1 aliphatic rings. The molecule has 1 fully saturated rings. The van der Waals surface area contributed by atoms with Crippen molar-refractivity contribution in [1.29, 1.82) is 0 Å². The Labute approximate surface area is 113 Å². The van der Waals surface area contributed by atoms with Gasteiger partial charge in [-0.3, -0.25) is 9.00 Å². The van der Waals surface area contributed by atoms with E-state index in [9.17, 15) is 9.00 Å². The van der Waals surface area contributed by atoms with Crippen molar-refractivity contribution in [3.63, 3.8) is 0 Å². The van der Waals surface area contributed by atoms with E-state index in [1.807, 2.05) is 6.92 Å². The molecule has 0 aliphatic heterocycles. The molecule has 18 heavy (non-hydrogen) atoms. The highest BCUT2D eigenvalue weighted by Gasteiger charge is 2.37. The Morgan fingerprint density at radius 2 is 1.89 bits per heavy atom. The van der Waals surface area contributed by atoms with Gasteiger partial charge in [0.1, 0.15) is 0 Å². The third-order valence-corrected chi connectivity index (χ3v) is 5.35. The Balaban J connectivity index is 2.58. The predicted octanol–water partition coefficient (Wildman–Crippen LogP) is 1.17. The quantitative estimate of drug-likeness (QED) is 0.739. The van der Waals surface area contributed by atoms with Crippen molar-refractivity contribution < 1.29 is 9.00 Å². The largest absolute Gasteiger partial charge is 0.354 e. The van der Waals surface area contributed by atoms with Crippen molar-refractivity contribution in [3.8, 4) is 0 Å². The number of carbonyl (C=O) groups is 1. The van der Waals surface area contributed by atoms with Crippen molar-refractivity contribution in [2.45, 2.75) is 50.7 Å². The van der Waals surface area contributed by atoms with Crippen LogP contribution in [0.5, 0.6) is 0 Å². The second kappa shape index (κ2) is 7.24. The van der Waals surface area contributed by atoms with Gasteiger partial charge in [0.15, 0.2) is 0 Å². The third kappa shape index (κ3) is 4.05. The van der Waals surface area contributed by atoms with E-state index in [1.165, 1.54) is 12.8 Å². The van der Waals surface area contributed by atoms with Crippen LogP contribution < -0.4 is 11.1 Å². The van der Waals surface area contributed by atoms with Gasteiger partial charge in [-0.05, 0) is 19.8 Å². The minimum absolute atomic E-state index is 0.00504. The monoisotopic (exact) mass is 274 g/mol. The van der Waals surface area contributed by atoms with Gasteiger partial charge in [0.2, 0.25) is 5.91 Å². The zero-order chi connectivity index (χ0) is 13.6. The molecular formula is C13H26N2O2S. The van der Waals surface area contributed by atoms with E-state index < -0.39 is 10.8 Å². The normalized spacial score (nSPS) is 22.8. The summed E-state index contributed by atoms with van der Waals surface area (Å²) in [5.74, 6) is 0.0594. The summed E-state index contributed by atoms with van der Waals surface area (Å²) in [6, 6.07) is 0. The summed E-state index contributed by atoms with van der Waals surface area (Å²) < 4.78 is 11.3. The minimum atomic E-state index is -0.897. The molecule has 1 saturated carbocycles. The number of hydrogen-bond donors (Lipinski definition) is 2. The molecule has 2 atom stereocenters. The highest BCUT2D eigenvalue weighted by molar-refractivity contribution is 7.84. The first kappa shape index (κ1) is 15.6. The van der Waals surface area contributed by atoms with Gasteiger partial charge in [0, 0.05) is 35.4 Å². The summed E-state index contributed by atoms with van der Waals surface area (Å²) in [4.78, 5) is 12.3. The van der Waals surface area contributed by atoms with E-state index in [1.54, 1.807) is 6.26 Å². The van der Waals surface area contributed by atoms with E-state index in [-0.39, 0.29) is 16.6 Å². The van der Waals surface area contributed by atoms with Gasteiger partial charge in [-0.25, -0.2) is 0 Å². The number of amides is 1. The molecule has 1 amide bonds. The topological polar surface area (TPSA) is 72.2 Å². The molecule has 4 nitrogen and oxygen atoms in total. The van der Waals surface area contributed by atoms with Crippen LogP contribution in [0.25, 0.3) is 0 Å². The van der Waals surface area contributed by atoms with Crippen LogP contribution in [-0.2, 0) is 15.6 Å². The second-order valence-corrected chi connectivity index (χ2v) is 7.22. The van der Waals surface area contributed by atoms with Gasteiger partial charge in [-0.15, -0.1) is 0 Å². The molecule has 0 spiro atoms. The number of carbonyl (C=O) groups excluding carboxylic acids is 1. The molecule has 3 N–H and O–H groups in total. The molecule has 0 aromatic rings. The minimum Gasteiger partial charge on any atom is -0.354 e. The van der Waals surface area contributed by atoms with Gasteiger partial charge < -0.3 is 11.1 Å². The van der Waals surface area contributed by atoms with Crippen LogP contribution in [0, 0.1) is 5.41 Å². The number of rotatable bonds is 5. The number of nitrogens with one attached hydrogen (secondary N) is 1. The molecule has 0 aromatic heterocycles. The maximum atomic E-state index is 12.3. The van der Waals surface area contributed by atoms with Crippen LogP contribution in [0.4, 0.5) is 0 Å². The van der Waals surface area contributed by atoms with Crippen LogP contribution in [0.3, 0.4) is 0 Å². The highest BCUT2D eigenvalue weighted by Crippen LogP contribution is 2.34. The molecular weight excluding hydrogens is 248 g/mol. The summed E-state index contributed by atoms with van der Waals surface area (Å²) in [5, 5.41) is 2.94. The number of hydrogen-bond acceptors (Lipinski definition) is 3. The maximum Gasteiger partial charge on any atom is 0.227 e. The van der Waals surface area contributed by atoms with Crippen molar-refractivity contribution in [2.75, 3.05) is 19.3 Å². The van der Waals surface area contributed by atoms with Gasteiger partial charge >= 0.3 is 0 Å². The summed E-state index contributed by atoms with van der Waals surface area (Å²) in [5.41, 5.74) is 5.47. The fraction of sp³-hybridized carbons (Fsp3) is 0.923. The van der Waals surface area contributed by atoms with Crippen LogP contribution in [0.2, 0.25) is 0 Å². The fourth-order valence-electron chi connectivity index (χ4n) is 2.47. The molecule has 5 heteroatoms. The van der Waals surface area contributed by atoms with Crippen LogP contribution in [0.1, 0.15) is 45.4 Å². The van der Waals surface area contributed by atoms with E-state index in [0.29, 0.717) is 13.1 Å². The SMILES string of the molecule is CC(CNC(=O)C1(CN)CCCCCC1)S(C)=O. The lowest BCUT2D eigenvalue weighted by atomic mass is 9.79. The average molecular weight is 274 g/mol. The maximum absolute atomic E-state index is 12.3. The lowest BCUT2D eigenvalue weighted by molar-refractivity contribution is -0.131. The molecule has 0 saturated heterocycles. The first-order valence-corrected chi connectivity index (χ1v) is 8.44. The summed E-state index contributed by atoms with van der Waals surface area (Å²) in [6.45, 7) is 2.78. The standard InChI is InChI=1S/C13H26N2O2S/c1-11(18(2)17)9-15-12(16)13(10-14)7-5-3-4-6-8-13/h11H,3-10,14H2,1-2H3,(H,15,16). The Bertz CT molecular complexity index is 299. The van der Waals surface area contributed by atoms with E-state index in [2.05, 4.69) is 5.32 Å². The van der Waals surface area contributed by atoms with Crippen molar-refractivity contribution in [3.05, 3.63) is 0 Å². The zero-order valence-corrected chi connectivity index (χ0v) is 12.4. The molecule has 106 valence electrons. The van der Waals surface area contributed by atoms with Crippen molar-refractivity contribution >= 4 is 16.7 Å². The van der Waals surface area contributed by atoms with Gasteiger partial charge in [-0.1, -0.05) is 25.7 Å². The molecule has 1 rings (SSSR count). The van der Waals surface area contributed by atoms with Crippen molar-refractivity contribution in [1.82, 2.24) is 5.32 Å². The van der Waals surface area contributed by atoms with Gasteiger partial charge in [0.25, 0.3) is 0 Å². The van der Waals surface area contributed by atoms with E-state index >= 15 is 0 Å². The smallest absolute Gasteiger partial charge is 0.227 e. The summed E-state index contributed by atoms with van der Waals surface area (Å²) in [6.07, 6.45) is 8.01. The number of nitrogens with two attached hydrogens (primary N) is 1. The van der Waals surface area contributed by atoms with E-state index in [4.69, 9.17) is 5.73 Å². The Morgan fingerprint density at radius 1 is 1.33 bits per heavy atom.